The second kappa shape index (κ2) is 5.34. The molecule has 18 heavy (non-hydrogen) atoms. The van der Waals surface area contributed by atoms with Gasteiger partial charge in [-0.3, -0.25) is 0 Å². The van der Waals surface area contributed by atoms with Crippen LogP contribution in [0.25, 0.3) is 0 Å². The minimum atomic E-state index is 0.298. The summed E-state index contributed by atoms with van der Waals surface area (Å²) < 4.78 is 5.45. The second-order valence-electron chi connectivity index (χ2n) is 4.63. The summed E-state index contributed by atoms with van der Waals surface area (Å²) >= 11 is 0. The van der Waals surface area contributed by atoms with Crippen LogP contribution in [0, 0.1) is 0 Å². The fourth-order valence-corrected chi connectivity index (χ4v) is 2.20. The Hall–Kier alpha value is -1.64. The van der Waals surface area contributed by atoms with Crippen LogP contribution in [0.2, 0.25) is 0 Å². The standard InChI is InChI=1S/C16H17NO/c1-3-7-13(8-4-1)11-17-16(15-12-18-15)14-9-5-2-6-10-14/h1-10,15-17H,11-12H2/t15-,16+/m1/s1. The van der Waals surface area contributed by atoms with Crippen molar-refractivity contribution in [3.8, 4) is 0 Å². The Kier molecular flexibility index (Phi) is 3.40. The van der Waals surface area contributed by atoms with Gasteiger partial charge in [-0.2, -0.15) is 0 Å². The first-order valence-corrected chi connectivity index (χ1v) is 6.37. The summed E-state index contributed by atoms with van der Waals surface area (Å²) in [5.74, 6) is 0. The predicted octanol–water partition coefficient (Wildman–Crippen LogP) is 2.92. The maximum atomic E-state index is 5.45. The highest BCUT2D eigenvalue weighted by Crippen LogP contribution is 2.27. The average Bonchev–Trinajstić information content (AvgIpc) is 3.26. The number of benzene rings is 2. The summed E-state index contributed by atoms with van der Waals surface area (Å²) in [6, 6.07) is 21.3. The van der Waals surface area contributed by atoms with Crippen molar-refractivity contribution in [2.75, 3.05) is 6.61 Å². The summed E-state index contributed by atoms with van der Waals surface area (Å²) in [5.41, 5.74) is 2.61. The van der Waals surface area contributed by atoms with Crippen molar-refractivity contribution in [1.82, 2.24) is 5.32 Å². The lowest BCUT2D eigenvalue weighted by atomic mass is 10.0. The van der Waals surface area contributed by atoms with E-state index in [-0.39, 0.29) is 0 Å². The van der Waals surface area contributed by atoms with E-state index in [1.807, 2.05) is 12.1 Å². The average molecular weight is 239 g/mol. The highest BCUT2D eigenvalue weighted by molar-refractivity contribution is 5.22. The van der Waals surface area contributed by atoms with E-state index < -0.39 is 0 Å². The third kappa shape index (κ3) is 2.78. The molecule has 0 saturated carbocycles. The first-order chi connectivity index (χ1) is 8.93. The maximum absolute atomic E-state index is 5.45. The summed E-state index contributed by atoms with van der Waals surface area (Å²) in [5, 5.41) is 3.59. The topological polar surface area (TPSA) is 24.6 Å². The van der Waals surface area contributed by atoms with Crippen LogP contribution in [0.5, 0.6) is 0 Å². The molecular formula is C16H17NO. The van der Waals surface area contributed by atoms with Gasteiger partial charge in [0.15, 0.2) is 0 Å². The first-order valence-electron chi connectivity index (χ1n) is 6.37. The third-order valence-electron chi connectivity index (χ3n) is 3.26. The number of ether oxygens (including phenoxy) is 1. The summed E-state index contributed by atoms with van der Waals surface area (Å²) in [6.07, 6.45) is 0.330. The molecule has 1 aliphatic heterocycles. The molecule has 0 unspecified atom stereocenters. The van der Waals surface area contributed by atoms with Crippen LogP contribution < -0.4 is 5.32 Å². The number of rotatable bonds is 5. The van der Waals surface area contributed by atoms with Crippen LogP contribution in [0.4, 0.5) is 0 Å². The number of hydrogen-bond acceptors (Lipinski definition) is 2. The molecule has 2 nitrogen and oxygen atoms in total. The molecule has 3 rings (SSSR count). The van der Waals surface area contributed by atoms with Crippen molar-refractivity contribution in [2.45, 2.75) is 18.7 Å². The Morgan fingerprint density at radius 3 is 2.22 bits per heavy atom. The van der Waals surface area contributed by atoms with Crippen molar-refractivity contribution in [3.63, 3.8) is 0 Å². The second-order valence-corrected chi connectivity index (χ2v) is 4.63. The van der Waals surface area contributed by atoms with E-state index >= 15 is 0 Å². The lowest BCUT2D eigenvalue weighted by Crippen LogP contribution is -2.25. The molecule has 92 valence electrons. The minimum Gasteiger partial charge on any atom is -0.371 e. The summed E-state index contributed by atoms with van der Waals surface area (Å²) in [6.45, 7) is 1.74. The van der Waals surface area contributed by atoms with E-state index in [0.717, 1.165) is 13.2 Å². The minimum absolute atomic E-state index is 0.298. The molecule has 1 heterocycles. The van der Waals surface area contributed by atoms with E-state index in [4.69, 9.17) is 4.74 Å². The van der Waals surface area contributed by atoms with E-state index in [2.05, 4.69) is 53.8 Å². The van der Waals surface area contributed by atoms with E-state index in [1.54, 1.807) is 0 Å². The molecule has 0 aliphatic carbocycles. The SMILES string of the molecule is c1ccc(CN[C@@H](c2ccccc2)[C@H]2CO2)cc1. The van der Waals surface area contributed by atoms with Gasteiger partial charge in [0.2, 0.25) is 0 Å². The highest BCUT2D eigenvalue weighted by atomic mass is 16.6. The van der Waals surface area contributed by atoms with Gasteiger partial charge in [-0.1, -0.05) is 60.7 Å². The molecule has 0 amide bonds. The van der Waals surface area contributed by atoms with Gasteiger partial charge in [-0.15, -0.1) is 0 Å². The molecule has 1 saturated heterocycles. The smallest absolute Gasteiger partial charge is 0.100 e. The van der Waals surface area contributed by atoms with Gasteiger partial charge in [-0.05, 0) is 11.1 Å². The van der Waals surface area contributed by atoms with Crippen molar-refractivity contribution < 1.29 is 4.74 Å². The molecule has 2 heteroatoms. The quantitative estimate of drug-likeness (QED) is 0.811. The molecule has 0 spiro atoms. The fraction of sp³-hybridized carbons (Fsp3) is 0.250. The van der Waals surface area contributed by atoms with Gasteiger partial charge in [-0.25, -0.2) is 0 Å². The summed E-state index contributed by atoms with van der Waals surface area (Å²) in [4.78, 5) is 0. The molecule has 0 bridgehead atoms. The Labute approximate surface area is 108 Å². The zero-order valence-corrected chi connectivity index (χ0v) is 10.3. The lowest BCUT2D eigenvalue weighted by Gasteiger charge is -2.17. The Morgan fingerprint density at radius 2 is 1.61 bits per heavy atom. The van der Waals surface area contributed by atoms with Crippen LogP contribution in [0.3, 0.4) is 0 Å². The number of hydrogen-bond donors (Lipinski definition) is 1. The van der Waals surface area contributed by atoms with Crippen molar-refractivity contribution in [1.29, 1.82) is 0 Å². The van der Waals surface area contributed by atoms with E-state index in [0.29, 0.717) is 12.1 Å². The number of epoxide rings is 1. The maximum Gasteiger partial charge on any atom is 0.100 e. The molecule has 1 aliphatic rings. The molecule has 2 aromatic rings. The molecule has 0 aromatic heterocycles. The molecule has 2 aromatic carbocycles. The molecule has 1 fully saturated rings. The van der Waals surface area contributed by atoms with Crippen molar-refractivity contribution >= 4 is 0 Å². The van der Waals surface area contributed by atoms with Gasteiger partial charge < -0.3 is 10.1 Å². The molecule has 2 atom stereocenters. The third-order valence-corrected chi connectivity index (χ3v) is 3.26. The monoisotopic (exact) mass is 239 g/mol. The van der Waals surface area contributed by atoms with Crippen LogP contribution in [-0.4, -0.2) is 12.7 Å². The van der Waals surface area contributed by atoms with E-state index in [9.17, 15) is 0 Å². The van der Waals surface area contributed by atoms with Crippen LogP contribution in [0.15, 0.2) is 60.7 Å². The van der Waals surface area contributed by atoms with Gasteiger partial charge >= 0.3 is 0 Å². The first kappa shape index (κ1) is 11.5. The van der Waals surface area contributed by atoms with Gasteiger partial charge in [0.25, 0.3) is 0 Å². The Bertz CT molecular complexity index is 479. The van der Waals surface area contributed by atoms with Crippen molar-refractivity contribution in [2.24, 2.45) is 0 Å². The van der Waals surface area contributed by atoms with E-state index in [1.165, 1.54) is 11.1 Å². The zero-order valence-electron chi connectivity index (χ0n) is 10.3. The normalized spacial score (nSPS) is 19.4. The van der Waals surface area contributed by atoms with Gasteiger partial charge in [0, 0.05) is 6.54 Å². The molecular weight excluding hydrogens is 222 g/mol. The fourth-order valence-electron chi connectivity index (χ4n) is 2.20. The predicted molar refractivity (Wildman–Crippen MR) is 72.2 cm³/mol. The highest BCUT2D eigenvalue weighted by Gasteiger charge is 2.33. The molecule has 1 N–H and O–H groups in total. The summed E-state index contributed by atoms with van der Waals surface area (Å²) in [7, 11) is 0. The number of nitrogens with one attached hydrogen (secondary N) is 1. The Balaban J connectivity index is 1.68. The van der Waals surface area contributed by atoms with Crippen molar-refractivity contribution in [3.05, 3.63) is 71.8 Å². The van der Waals surface area contributed by atoms with Crippen LogP contribution in [0.1, 0.15) is 17.2 Å². The van der Waals surface area contributed by atoms with Crippen LogP contribution in [-0.2, 0) is 11.3 Å². The Morgan fingerprint density at radius 1 is 1.00 bits per heavy atom. The zero-order chi connectivity index (χ0) is 12.2. The van der Waals surface area contributed by atoms with Gasteiger partial charge in [0.05, 0.1) is 12.6 Å². The molecule has 0 radical (unpaired) electrons. The van der Waals surface area contributed by atoms with Gasteiger partial charge in [0.1, 0.15) is 6.10 Å². The largest absolute Gasteiger partial charge is 0.371 e. The van der Waals surface area contributed by atoms with Crippen LogP contribution >= 0.6 is 0 Å². The lowest BCUT2D eigenvalue weighted by molar-refractivity contribution is 0.343.